The van der Waals surface area contributed by atoms with Crippen LogP contribution >= 0.6 is 28.1 Å². The van der Waals surface area contributed by atoms with Crippen LogP contribution in [0.3, 0.4) is 0 Å². The van der Waals surface area contributed by atoms with Crippen LogP contribution in [0, 0.1) is 16.5 Å². The molecule has 0 aliphatic carbocycles. The molecule has 0 spiro atoms. The first kappa shape index (κ1) is 15.7. The minimum atomic E-state index is -0.297. The van der Waals surface area contributed by atoms with Gasteiger partial charge in [-0.1, -0.05) is 13.8 Å². The van der Waals surface area contributed by atoms with Crippen LogP contribution in [0.15, 0.2) is 16.6 Å². The summed E-state index contributed by atoms with van der Waals surface area (Å²) in [7, 11) is 0. The van der Waals surface area contributed by atoms with Crippen LogP contribution in [0.25, 0.3) is 11.0 Å². The van der Waals surface area contributed by atoms with Crippen LogP contribution < -0.4 is 0 Å². The zero-order chi connectivity index (χ0) is 14.7. The number of nitrogens with zero attached hydrogens (tertiary/aromatic N) is 1. The number of benzene rings is 1. The van der Waals surface area contributed by atoms with Gasteiger partial charge in [-0.25, -0.2) is 4.39 Å². The molecular weight excluding hydrogens is 343 g/mol. The number of nitrogens with one attached hydrogen (secondary N) is 1. The Kier molecular flexibility index (Phi) is 5.35. The highest BCUT2D eigenvalue weighted by Crippen LogP contribution is 2.23. The number of ether oxygens (including phenoxy) is 1. The van der Waals surface area contributed by atoms with E-state index >= 15 is 0 Å². The maximum atomic E-state index is 13.5. The molecule has 0 saturated carbocycles. The summed E-state index contributed by atoms with van der Waals surface area (Å²) in [6.07, 6.45) is 1.05. The van der Waals surface area contributed by atoms with Gasteiger partial charge in [0.25, 0.3) is 0 Å². The van der Waals surface area contributed by atoms with E-state index in [-0.39, 0.29) is 5.82 Å². The highest BCUT2D eigenvalue weighted by atomic mass is 79.9. The van der Waals surface area contributed by atoms with Crippen molar-refractivity contribution < 1.29 is 9.13 Å². The quantitative estimate of drug-likeness (QED) is 0.599. The average Bonchev–Trinajstić information content (AvgIpc) is 2.65. The molecule has 0 unspecified atom stereocenters. The third kappa shape index (κ3) is 3.68. The number of imidazole rings is 1. The largest absolute Gasteiger partial charge is 0.380 e. The first-order chi connectivity index (χ1) is 9.49. The summed E-state index contributed by atoms with van der Waals surface area (Å²) in [6, 6.07) is 3.19. The molecule has 0 atom stereocenters. The van der Waals surface area contributed by atoms with Crippen LogP contribution in [-0.4, -0.2) is 22.8 Å². The lowest BCUT2D eigenvalue weighted by Gasteiger charge is -2.08. The Morgan fingerprint density at radius 2 is 2.15 bits per heavy atom. The molecule has 1 aromatic heterocycles. The molecule has 6 heteroatoms. The second kappa shape index (κ2) is 6.83. The molecule has 0 radical (unpaired) electrons. The van der Waals surface area contributed by atoms with Crippen LogP contribution in [0.2, 0.25) is 0 Å². The lowest BCUT2D eigenvalue weighted by Crippen LogP contribution is -2.08. The molecule has 1 heterocycles. The SMILES string of the molecule is CC(C)CCOCCn1c(=S)[nH]c2cc(F)c(Br)cc21. The Balaban J connectivity index is 2.08. The Labute approximate surface area is 131 Å². The first-order valence-corrected chi connectivity index (χ1v) is 7.84. The highest BCUT2D eigenvalue weighted by Gasteiger charge is 2.08. The summed E-state index contributed by atoms with van der Waals surface area (Å²) in [4.78, 5) is 3.02. The van der Waals surface area contributed by atoms with E-state index in [0.717, 1.165) is 18.5 Å². The number of hydrogen-bond donors (Lipinski definition) is 1. The minimum Gasteiger partial charge on any atom is -0.380 e. The number of rotatable bonds is 6. The molecular formula is C14H18BrFN2OS. The molecule has 0 bridgehead atoms. The van der Waals surface area contributed by atoms with Crippen LogP contribution in [0.4, 0.5) is 4.39 Å². The standard InChI is InChI=1S/C14H18BrFN2OS/c1-9(2)3-5-19-6-4-18-13-7-10(15)11(16)8-12(13)17-14(18)20/h7-9H,3-6H2,1-2H3,(H,17,20). The topological polar surface area (TPSA) is 29.9 Å². The van der Waals surface area contributed by atoms with Gasteiger partial charge in [-0.3, -0.25) is 0 Å². The van der Waals surface area contributed by atoms with Gasteiger partial charge < -0.3 is 14.3 Å². The fraction of sp³-hybridized carbons (Fsp3) is 0.500. The Bertz CT molecular complexity index is 650. The zero-order valence-electron chi connectivity index (χ0n) is 11.6. The molecule has 1 aromatic carbocycles. The second-order valence-corrected chi connectivity index (χ2v) is 6.40. The summed E-state index contributed by atoms with van der Waals surface area (Å²) in [5.74, 6) is 0.346. The molecule has 0 aliphatic heterocycles. The zero-order valence-corrected chi connectivity index (χ0v) is 14.0. The Morgan fingerprint density at radius 1 is 1.40 bits per heavy atom. The molecule has 0 aliphatic rings. The van der Waals surface area contributed by atoms with Crippen molar-refractivity contribution in [2.75, 3.05) is 13.2 Å². The van der Waals surface area contributed by atoms with Crippen molar-refractivity contribution in [1.29, 1.82) is 0 Å². The van der Waals surface area contributed by atoms with Crippen molar-refractivity contribution in [2.24, 2.45) is 5.92 Å². The molecule has 0 amide bonds. The third-order valence-corrected chi connectivity index (χ3v) is 4.05. The number of H-pyrrole nitrogens is 1. The molecule has 0 fully saturated rings. The number of hydrogen-bond acceptors (Lipinski definition) is 2. The van der Waals surface area contributed by atoms with E-state index in [4.69, 9.17) is 17.0 Å². The maximum Gasteiger partial charge on any atom is 0.178 e. The number of fused-ring (bicyclic) bond motifs is 1. The lowest BCUT2D eigenvalue weighted by molar-refractivity contribution is 0.116. The molecule has 2 rings (SSSR count). The molecule has 3 nitrogen and oxygen atoms in total. The summed E-state index contributed by atoms with van der Waals surface area (Å²) in [6.45, 7) is 6.36. The molecule has 1 N–H and O–H groups in total. The predicted octanol–water partition coefficient (Wildman–Crippen LogP) is 4.66. The summed E-state index contributed by atoms with van der Waals surface area (Å²) < 4.78 is 22.1. The van der Waals surface area contributed by atoms with E-state index in [2.05, 4.69) is 34.8 Å². The van der Waals surface area contributed by atoms with Crippen molar-refractivity contribution >= 4 is 39.2 Å². The normalized spacial score (nSPS) is 11.7. The van der Waals surface area contributed by atoms with Gasteiger partial charge >= 0.3 is 0 Å². The third-order valence-electron chi connectivity index (χ3n) is 3.11. The van der Waals surface area contributed by atoms with Gasteiger partial charge in [-0.05, 0) is 46.6 Å². The van der Waals surface area contributed by atoms with Gasteiger partial charge in [0, 0.05) is 19.2 Å². The van der Waals surface area contributed by atoms with Crippen molar-refractivity contribution in [1.82, 2.24) is 9.55 Å². The van der Waals surface area contributed by atoms with Gasteiger partial charge in [0.2, 0.25) is 0 Å². The van der Waals surface area contributed by atoms with Crippen LogP contribution in [0.1, 0.15) is 20.3 Å². The van der Waals surface area contributed by atoms with Crippen molar-refractivity contribution in [3.63, 3.8) is 0 Å². The molecule has 0 saturated heterocycles. The fourth-order valence-corrected chi connectivity index (χ4v) is 2.58. The fourth-order valence-electron chi connectivity index (χ4n) is 1.95. The van der Waals surface area contributed by atoms with Crippen LogP contribution in [-0.2, 0) is 11.3 Å². The number of halogens is 2. The van der Waals surface area contributed by atoms with E-state index < -0.39 is 0 Å². The van der Waals surface area contributed by atoms with Crippen LogP contribution in [0.5, 0.6) is 0 Å². The Morgan fingerprint density at radius 3 is 2.85 bits per heavy atom. The second-order valence-electron chi connectivity index (χ2n) is 5.16. The van der Waals surface area contributed by atoms with Crippen molar-refractivity contribution in [3.8, 4) is 0 Å². The van der Waals surface area contributed by atoms with Crippen molar-refractivity contribution in [3.05, 3.63) is 27.2 Å². The van der Waals surface area contributed by atoms with E-state index in [0.29, 0.717) is 33.8 Å². The van der Waals surface area contributed by atoms with Crippen molar-refractivity contribution in [2.45, 2.75) is 26.8 Å². The monoisotopic (exact) mass is 360 g/mol. The van der Waals surface area contributed by atoms with Gasteiger partial charge in [0.05, 0.1) is 22.1 Å². The minimum absolute atomic E-state index is 0.297. The predicted molar refractivity (Wildman–Crippen MR) is 85.1 cm³/mol. The number of aromatic nitrogens is 2. The molecule has 110 valence electrons. The Hall–Kier alpha value is -0.720. The molecule has 20 heavy (non-hydrogen) atoms. The van der Waals surface area contributed by atoms with Gasteiger partial charge in [-0.2, -0.15) is 0 Å². The lowest BCUT2D eigenvalue weighted by atomic mass is 10.1. The molecule has 2 aromatic rings. The van der Waals surface area contributed by atoms with E-state index in [1.165, 1.54) is 6.07 Å². The van der Waals surface area contributed by atoms with E-state index in [1.807, 2.05) is 4.57 Å². The van der Waals surface area contributed by atoms with Gasteiger partial charge in [0.15, 0.2) is 4.77 Å². The summed E-state index contributed by atoms with van der Waals surface area (Å²) >= 11 is 8.47. The van der Waals surface area contributed by atoms with E-state index in [9.17, 15) is 4.39 Å². The smallest absolute Gasteiger partial charge is 0.178 e. The van der Waals surface area contributed by atoms with Gasteiger partial charge in [-0.15, -0.1) is 0 Å². The van der Waals surface area contributed by atoms with E-state index in [1.54, 1.807) is 6.07 Å². The first-order valence-electron chi connectivity index (χ1n) is 6.64. The highest BCUT2D eigenvalue weighted by molar-refractivity contribution is 9.10. The summed E-state index contributed by atoms with van der Waals surface area (Å²) in [5, 5.41) is 0. The number of aromatic amines is 1. The summed E-state index contributed by atoms with van der Waals surface area (Å²) in [5.41, 5.74) is 1.59. The maximum absolute atomic E-state index is 13.5. The average molecular weight is 361 g/mol. The van der Waals surface area contributed by atoms with Gasteiger partial charge in [0.1, 0.15) is 5.82 Å².